The molecule has 0 bridgehead atoms. The Kier molecular flexibility index (Phi) is 5.04. The van der Waals surface area contributed by atoms with Crippen LogP contribution in [0.15, 0.2) is 47.3 Å². The van der Waals surface area contributed by atoms with E-state index in [0.29, 0.717) is 32.1 Å². The molecule has 0 N–H and O–H groups in total. The van der Waals surface area contributed by atoms with Gasteiger partial charge in [-0.1, -0.05) is 6.07 Å². The van der Waals surface area contributed by atoms with Gasteiger partial charge >= 0.3 is 0 Å². The zero-order valence-corrected chi connectivity index (χ0v) is 14.8. The monoisotopic (exact) mass is 356 g/mol. The lowest BCUT2D eigenvalue weighted by Gasteiger charge is -2.50. The predicted molar refractivity (Wildman–Crippen MR) is 94.5 cm³/mol. The maximum Gasteiger partial charge on any atom is 0.289 e. The fourth-order valence-electron chi connectivity index (χ4n) is 4.09. The first kappa shape index (κ1) is 17.2. The minimum Gasteiger partial charge on any atom is -0.459 e. The van der Waals surface area contributed by atoms with Crippen LogP contribution in [0, 0.1) is 5.41 Å². The third-order valence-electron chi connectivity index (χ3n) is 5.39. The van der Waals surface area contributed by atoms with Crippen LogP contribution >= 0.6 is 0 Å². The van der Waals surface area contributed by atoms with Crippen molar-refractivity contribution in [3.63, 3.8) is 0 Å². The molecule has 6 heteroatoms. The number of carbonyl (C=O) groups is 1. The number of piperidine rings is 1. The van der Waals surface area contributed by atoms with E-state index >= 15 is 0 Å². The van der Waals surface area contributed by atoms with Crippen LogP contribution < -0.4 is 0 Å². The van der Waals surface area contributed by atoms with Gasteiger partial charge in [0.1, 0.15) is 0 Å². The SMILES string of the molecule is O=C(c1ccco1)N1CC[C@H]2OCCC[C@@]2(COCc2cccnc2)C1. The fourth-order valence-corrected chi connectivity index (χ4v) is 4.09. The number of carbonyl (C=O) groups excluding carboxylic acids is 1. The minimum atomic E-state index is -0.152. The summed E-state index contributed by atoms with van der Waals surface area (Å²) in [6.07, 6.45) is 8.10. The third kappa shape index (κ3) is 3.52. The number of aromatic nitrogens is 1. The van der Waals surface area contributed by atoms with Crippen LogP contribution in [0.3, 0.4) is 0 Å². The Morgan fingerprint density at radius 1 is 1.38 bits per heavy atom. The number of furan rings is 1. The van der Waals surface area contributed by atoms with E-state index < -0.39 is 0 Å². The Hall–Kier alpha value is -2.18. The van der Waals surface area contributed by atoms with Crippen molar-refractivity contribution in [1.82, 2.24) is 9.88 Å². The van der Waals surface area contributed by atoms with Crippen molar-refractivity contribution in [1.29, 1.82) is 0 Å². The summed E-state index contributed by atoms with van der Waals surface area (Å²) < 4.78 is 17.4. The average Bonchev–Trinajstić information content (AvgIpc) is 3.22. The lowest BCUT2D eigenvalue weighted by Crippen LogP contribution is -2.58. The minimum absolute atomic E-state index is 0.0503. The van der Waals surface area contributed by atoms with E-state index in [2.05, 4.69) is 4.98 Å². The molecule has 26 heavy (non-hydrogen) atoms. The lowest BCUT2D eigenvalue weighted by molar-refractivity contribution is -0.149. The van der Waals surface area contributed by atoms with Gasteiger partial charge in [0, 0.05) is 37.5 Å². The second kappa shape index (κ2) is 7.60. The normalized spacial score (nSPS) is 25.7. The molecule has 0 spiro atoms. The van der Waals surface area contributed by atoms with E-state index in [0.717, 1.165) is 31.4 Å². The van der Waals surface area contributed by atoms with Crippen LogP contribution in [0.1, 0.15) is 35.4 Å². The van der Waals surface area contributed by atoms with Crippen molar-refractivity contribution in [3.8, 4) is 0 Å². The standard InChI is InChI=1S/C20H24N2O4/c23-19(17-5-2-10-25-17)22-9-6-18-20(14-22,7-3-11-26-18)15-24-13-16-4-1-8-21-12-16/h1-2,4-5,8,10,12,18H,3,6-7,9,11,13-15H2/t18-,20+/m1/s1. The molecule has 6 nitrogen and oxygen atoms in total. The van der Waals surface area contributed by atoms with E-state index in [1.165, 1.54) is 6.26 Å². The van der Waals surface area contributed by atoms with Crippen LogP contribution in [0.25, 0.3) is 0 Å². The molecule has 0 saturated carbocycles. The van der Waals surface area contributed by atoms with Gasteiger partial charge in [0.25, 0.3) is 5.91 Å². The number of hydrogen-bond donors (Lipinski definition) is 0. The summed E-state index contributed by atoms with van der Waals surface area (Å²) in [5.41, 5.74) is 0.900. The second-order valence-corrected chi connectivity index (χ2v) is 7.17. The molecule has 0 unspecified atom stereocenters. The van der Waals surface area contributed by atoms with Crippen molar-refractivity contribution >= 4 is 5.91 Å². The Bertz CT molecular complexity index is 719. The number of pyridine rings is 1. The summed E-state index contributed by atoms with van der Waals surface area (Å²) in [6.45, 7) is 3.23. The van der Waals surface area contributed by atoms with Gasteiger partial charge in [-0.25, -0.2) is 0 Å². The maximum absolute atomic E-state index is 12.7. The summed E-state index contributed by atoms with van der Waals surface area (Å²) >= 11 is 0. The van der Waals surface area contributed by atoms with E-state index in [1.54, 1.807) is 18.3 Å². The topological polar surface area (TPSA) is 64.8 Å². The second-order valence-electron chi connectivity index (χ2n) is 7.17. The molecule has 138 valence electrons. The van der Waals surface area contributed by atoms with E-state index in [-0.39, 0.29) is 17.4 Å². The highest BCUT2D eigenvalue weighted by Crippen LogP contribution is 2.41. The molecule has 2 atom stereocenters. The van der Waals surface area contributed by atoms with Crippen LogP contribution in [-0.4, -0.2) is 48.2 Å². The van der Waals surface area contributed by atoms with E-state index in [9.17, 15) is 4.79 Å². The van der Waals surface area contributed by atoms with Gasteiger partial charge in [0.15, 0.2) is 5.76 Å². The number of hydrogen-bond acceptors (Lipinski definition) is 5. The quantitative estimate of drug-likeness (QED) is 0.824. The van der Waals surface area contributed by atoms with Gasteiger partial charge in [-0.05, 0) is 43.0 Å². The van der Waals surface area contributed by atoms with Crippen molar-refractivity contribution in [2.75, 3.05) is 26.3 Å². The fraction of sp³-hybridized carbons (Fsp3) is 0.500. The molecule has 2 aliphatic rings. The Balaban J connectivity index is 1.45. The van der Waals surface area contributed by atoms with Crippen LogP contribution in [0.4, 0.5) is 0 Å². The summed E-state index contributed by atoms with van der Waals surface area (Å²) in [5, 5.41) is 0. The Morgan fingerprint density at radius 3 is 3.15 bits per heavy atom. The Morgan fingerprint density at radius 2 is 2.35 bits per heavy atom. The molecule has 1 amide bonds. The Labute approximate surface area is 153 Å². The smallest absolute Gasteiger partial charge is 0.289 e. The average molecular weight is 356 g/mol. The molecule has 0 aliphatic carbocycles. The zero-order chi connectivity index (χ0) is 17.8. The first-order valence-electron chi connectivity index (χ1n) is 9.18. The maximum atomic E-state index is 12.7. The molecule has 2 aliphatic heterocycles. The van der Waals surface area contributed by atoms with Gasteiger partial charge in [-0.15, -0.1) is 0 Å². The predicted octanol–water partition coefficient (Wildman–Crippen LogP) is 2.90. The summed E-state index contributed by atoms with van der Waals surface area (Å²) in [7, 11) is 0. The molecule has 2 aromatic heterocycles. The van der Waals surface area contributed by atoms with Crippen LogP contribution in [0.2, 0.25) is 0 Å². The van der Waals surface area contributed by atoms with Gasteiger partial charge in [0.2, 0.25) is 0 Å². The number of nitrogens with zero attached hydrogens (tertiary/aromatic N) is 2. The lowest BCUT2D eigenvalue weighted by atomic mass is 9.73. The van der Waals surface area contributed by atoms with Crippen LogP contribution in [0.5, 0.6) is 0 Å². The van der Waals surface area contributed by atoms with Gasteiger partial charge in [-0.2, -0.15) is 0 Å². The number of amides is 1. The number of rotatable bonds is 5. The van der Waals surface area contributed by atoms with Gasteiger partial charge in [-0.3, -0.25) is 9.78 Å². The molecule has 4 rings (SSSR count). The molecule has 2 saturated heterocycles. The van der Waals surface area contributed by atoms with Crippen molar-refractivity contribution in [2.45, 2.75) is 32.0 Å². The zero-order valence-electron chi connectivity index (χ0n) is 14.8. The highest BCUT2D eigenvalue weighted by molar-refractivity contribution is 5.91. The molecule has 2 fully saturated rings. The first-order chi connectivity index (χ1) is 12.8. The molecule has 4 heterocycles. The third-order valence-corrected chi connectivity index (χ3v) is 5.39. The molecule has 0 aromatic carbocycles. The highest BCUT2D eigenvalue weighted by Gasteiger charge is 2.47. The largest absolute Gasteiger partial charge is 0.459 e. The summed E-state index contributed by atoms with van der Waals surface area (Å²) in [6, 6.07) is 7.38. The van der Waals surface area contributed by atoms with Crippen molar-refractivity contribution in [2.24, 2.45) is 5.41 Å². The highest BCUT2D eigenvalue weighted by atomic mass is 16.5. The molecule has 2 aromatic rings. The van der Waals surface area contributed by atoms with E-state index in [1.807, 2.05) is 23.2 Å². The summed E-state index contributed by atoms with van der Waals surface area (Å²) in [5.74, 6) is 0.345. The molecular formula is C20H24N2O4. The van der Waals surface area contributed by atoms with Gasteiger partial charge in [0.05, 0.1) is 25.6 Å². The van der Waals surface area contributed by atoms with Crippen LogP contribution in [-0.2, 0) is 16.1 Å². The van der Waals surface area contributed by atoms with Crippen molar-refractivity contribution < 1.29 is 18.7 Å². The summed E-state index contributed by atoms with van der Waals surface area (Å²) in [4.78, 5) is 18.7. The van der Waals surface area contributed by atoms with Gasteiger partial charge < -0.3 is 18.8 Å². The molecule has 0 radical (unpaired) electrons. The van der Waals surface area contributed by atoms with E-state index in [4.69, 9.17) is 13.9 Å². The number of ether oxygens (including phenoxy) is 2. The van der Waals surface area contributed by atoms with Crippen molar-refractivity contribution in [3.05, 3.63) is 54.2 Å². The number of likely N-dealkylation sites (tertiary alicyclic amines) is 1. The number of fused-ring (bicyclic) bond motifs is 1. The molecular weight excluding hydrogens is 332 g/mol. The first-order valence-corrected chi connectivity index (χ1v) is 9.18.